The lowest BCUT2D eigenvalue weighted by Gasteiger charge is -2.27. The number of aromatic nitrogens is 1. The Bertz CT molecular complexity index is 1940. The number of hydrogen-bond donors (Lipinski definition) is 2. The van der Waals surface area contributed by atoms with Crippen LogP contribution in [0, 0.1) is 11.6 Å². The summed E-state index contributed by atoms with van der Waals surface area (Å²) in [5, 5.41) is 7.28. The molecule has 0 saturated carbocycles. The van der Waals surface area contributed by atoms with Crippen molar-refractivity contribution in [3.63, 3.8) is 0 Å². The molecule has 2 fully saturated rings. The maximum absolute atomic E-state index is 14.8. The lowest BCUT2D eigenvalue weighted by Crippen LogP contribution is -2.54. The zero-order valence-electron chi connectivity index (χ0n) is 31.8. The van der Waals surface area contributed by atoms with Gasteiger partial charge in [0.15, 0.2) is 23.3 Å². The number of hydrogen-bond acceptors (Lipinski definition) is 14. The van der Waals surface area contributed by atoms with Gasteiger partial charge in [-0.3, -0.25) is 34.2 Å². The summed E-state index contributed by atoms with van der Waals surface area (Å²) in [6.07, 6.45) is 1.25. The van der Waals surface area contributed by atoms with E-state index in [2.05, 4.69) is 20.5 Å². The maximum Gasteiger partial charge on any atom is 0.262 e. The van der Waals surface area contributed by atoms with Gasteiger partial charge in [0, 0.05) is 43.6 Å². The highest BCUT2D eigenvalue weighted by Crippen LogP contribution is 2.36. The van der Waals surface area contributed by atoms with E-state index in [-0.39, 0.29) is 49.5 Å². The number of anilines is 1. The molecule has 2 aromatic carbocycles. The van der Waals surface area contributed by atoms with E-state index in [4.69, 9.17) is 28.4 Å². The number of carbonyl (C=O) groups excluding carboxylic acids is 5. The Morgan fingerprint density at radius 1 is 0.897 bits per heavy atom. The van der Waals surface area contributed by atoms with Crippen LogP contribution in [-0.2, 0) is 44.5 Å². The van der Waals surface area contributed by atoms with Crippen LogP contribution in [0.15, 0.2) is 35.7 Å². The third-order valence-electron chi connectivity index (χ3n) is 9.42. The highest BCUT2D eigenvalue weighted by molar-refractivity contribution is 7.14. The molecule has 1 unspecified atom stereocenters. The van der Waals surface area contributed by atoms with Gasteiger partial charge in [-0.15, -0.1) is 11.3 Å². The number of nitrogens with one attached hydrogen (secondary N) is 2. The third kappa shape index (κ3) is 11.0. The lowest BCUT2D eigenvalue weighted by atomic mass is 9.99. The first kappa shape index (κ1) is 42.7. The SMILES string of the molecule is O=C(COc1c(-c2csc(N3CCOCC3)n2)ccc(F)c1F)NCCOCCOCCOCCOCCCc1cccc2c1C(=O)N(C1CCC(=O)NC1=O)C2=O. The van der Waals surface area contributed by atoms with Crippen molar-refractivity contribution in [2.45, 2.75) is 31.7 Å². The van der Waals surface area contributed by atoms with Crippen molar-refractivity contribution in [3.8, 4) is 17.0 Å². The van der Waals surface area contributed by atoms with Crippen LogP contribution < -0.4 is 20.3 Å². The van der Waals surface area contributed by atoms with Crippen LogP contribution in [-0.4, -0.2) is 138 Å². The number of rotatable bonds is 22. The smallest absolute Gasteiger partial charge is 0.262 e. The molecule has 16 nitrogen and oxygen atoms in total. The molecule has 58 heavy (non-hydrogen) atoms. The van der Waals surface area contributed by atoms with E-state index >= 15 is 0 Å². The summed E-state index contributed by atoms with van der Waals surface area (Å²) >= 11 is 1.37. The largest absolute Gasteiger partial charge is 0.480 e. The number of amides is 5. The highest BCUT2D eigenvalue weighted by atomic mass is 32.1. The number of imide groups is 2. The summed E-state index contributed by atoms with van der Waals surface area (Å²) in [7, 11) is 0. The van der Waals surface area contributed by atoms with E-state index in [1.807, 2.05) is 0 Å². The van der Waals surface area contributed by atoms with Crippen molar-refractivity contribution < 1.29 is 61.2 Å². The minimum atomic E-state index is -1.20. The van der Waals surface area contributed by atoms with Crippen LogP contribution in [0.4, 0.5) is 13.9 Å². The average Bonchev–Trinajstić information content (AvgIpc) is 3.81. The summed E-state index contributed by atoms with van der Waals surface area (Å²) in [5.41, 5.74) is 1.90. The zero-order chi connectivity index (χ0) is 40.9. The molecule has 3 aliphatic rings. The molecule has 19 heteroatoms. The van der Waals surface area contributed by atoms with E-state index in [1.54, 1.807) is 23.6 Å². The molecular formula is C39H45F2N5O11S. The Kier molecular flexibility index (Phi) is 15.6. The van der Waals surface area contributed by atoms with Gasteiger partial charge in [-0.1, -0.05) is 12.1 Å². The molecule has 3 aromatic rings. The predicted octanol–water partition coefficient (Wildman–Crippen LogP) is 2.52. The van der Waals surface area contributed by atoms with E-state index in [0.29, 0.717) is 95.6 Å². The van der Waals surface area contributed by atoms with Crippen molar-refractivity contribution in [1.29, 1.82) is 0 Å². The molecule has 0 aliphatic carbocycles. The van der Waals surface area contributed by atoms with Crippen molar-refractivity contribution in [1.82, 2.24) is 20.5 Å². The molecule has 312 valence electrons. The first-order chi connectivity index (χ1) is 28.2. The van der Waals surface area contributed by atoms with Gasteiger partial charge >= 0.3 is 0 Å². The molecule has 2 saturated heterocycles. The normalized spacial score (nSPS) is 16.8. The monoisotopic (exact) mass is 829 g/mol. The zero-order valence-corrected chi connectivity index (χ0v) is 32.6. The second-order valence-electron chi connectivity index (χ2n) is 13.3. The van der Waals surface area contributed by atoms with Crippen molar-refractivity contribution in [2.24, 2.45) is 0 Å². The minimum absolute atomic E-state index is 0.0610. The van der Waals surface area contributed by atoms with Gasteiger partial charge in [0.25, 0.3) is 17.7 Å². The third-order valence-corrected chi connectivity index (χ3v) is 10.3. The number of nitrogens with zero attached hydrogens (tertiary/aromatic N) is 3. The summed E-state index contributed by atoms with van der Waals surface area (Å²) in [6.45, 7) is 4.76. The van der Waals surface area contributed by atoms with Gasteiger partial charge in [-0.05, 0) is 43.0 Å². The molecule has 5 amide bonds. The van der Waals surface area contributed by atoms with Crippen molar-refractivity contribution in [2.75, 3.05) is 97.2 Å². The minimum Gasteiger partial charge on any atom is -0.480 e. The van der Waals surface area contributed by atoms with Crippen LogP contribution in [0.3, 0.4) is 0 Å². The van der Waals surface area contributed by atoms with Crippen LogP contribution in [0.2, 0.25) is 0 Å². The van der Waals surface area contributed by atoms with E-state index in [0.717, 1.165) is 16.1 Å². The number of piperidine rings is 1. The number of ether oxygens (including phenoxy) is 6. The molecule has 1 aromatic heterocycles. The standard InChI is InChI=1S/C39H45F2N5O11S/c40-28-7-6-26(29-24-58-39(43-29)45-11-15-54-16-12-45)35(34(28)41)57-23-32(48)42-10-14-53-18-20-56-22-21-55-19-17-52-13-2-4-25-3-1-5-27-33(25)38(51)46(37(27)50)30-8-9-31(47)44-36(30)49/h1,3,5-7,24,30H,2,4,8-23H2,(H,42,48)(H,44,47,49). The topological polar surface area (TPSA) is 184 Å². The van der Waals surface area contributed by atoms with Crippen LogP contribution in [0.25, 0.3) is 11.3 Å². The Morgan fingerprint density at radius 3 is 2.33 bits per heavy atom. The van der Waals surface area contributed by atoms with Gasteiger partial charge in [0.1, 0.15) is 6.04 Å². The number of morpholine rings is 1. The van der Waals surface area contributed by atoms with E-state index in [9.17, 15) is 32.8 Å². The van der Waals surface area contributed by atoms with Gasteiger partial charge in [0.05, 0.1) is 76.3 Å². The summed E-state index contributed by atoms with van der Waals surface area (Å²) in [6, 6.07) is 6.43. The first-order valence-electron chi connectivity index (χ1n) is 19.0. The van der Waals surface area contributed by atoms with Crippen molar-refractivity contribution in [3.05, 3.63) is 64.0 Å². The number of aryl methyl sites for hydroxylation is 1. The molecule has 4 heterocycles. The Hall–Kier alpha value is -4.92. The van der Waals surface area contributed by atoms with Crippen LogP contribution in [0.1, 0.15) is 45.5 Å². The highest BCUT2D eigenvalue weighted by Gasteiger charge is 2.45. The summed E-state index contributed by atoms with van der Waals surface area (Å²) < 4.78 is 61.8. The fraction of sp³-hybridized carbons (Fsp3) is 0.487. The average molecular weight is 830 g/mol. The van der Waals surface area contributed by atoms with Gasteiger partial charge in [0.2, 0.25) is 17.6 Å². The Labute approximate surface area is 337 Å². The molecular weight excluding hydrogens is 785 g/mol. The Morgan fingerprint density at radius 2 is 1.60 bits per heavy atom. The summed E-state index contributed by atoms with van der Waals surface area (Å²) in [5.74, 6) is -5.33. The van der Waals surface area contributed by atoms with Gasteiger partial charge < -0.3 is 38.6 Å². The quantitative estimate of drug-likeness (QED) is 0.111. The maximum atomic E-state index is 14.8. The number of carbonyl (C=O) groups is 5. The van der Waals surface area contributed by atoms with Crippen molar-refractivity contribution >= 4 is 46.0 Å². The fourth-order valence-corrected chi connectivity index (χ4v) is 7.41. The molecule has 0 spiro atoms. The predicted molar refractivity (Wildman–Crippen MR) is 204 cm³/mol. The number of halogens is 2. The fourth-order valence-electron chi connectivity index (χ4n) is 6.53. The first-order valence-corrected chi connectivity index (χ1v) is 19.9. The second kappa shape index (κ2) is 21.2. The number of fused-ring (bicyclic) bond motifs is 1. The molecule has 0 radical (unpaired) electrons. The number of benzene rings is 2. The lowest BCUT2D eigenvalue weighted by molar-refractivity contribution is -0.136. The molecule has 6 rings (SSSR count). The van der Waals surface area contributed by atoms with E-state index in [1.165, 1.54) is 17.4 Å². The molecule has 1 atom stereocenters. The van der Waals surface area contributed by atoms with E-state index < -0.39 is 53.8 Å². The van der Waals surface area contributed by atoms with Gasteiger partial charge in [-0.25, -0.2) is 9.37 Å². The second-order valence-corrected chi connectivity index (χ2v) is 14.2. The Balaban J connectivity index is 0.771. The van der Waals surface area contributed by atoms with Gasteiger partial charge in [-0.2, -0.15) is 4.39 Å². The van der Waals surface area contributed by atoms with Crippen LogP contribution in [0.5, 0.6) is 5.75 Å². The van der Waals surface area contributed by atoms with Crippen LogP contribution >= 0.6 is 11.3 Å². The number of thiazole rings is 1. The molecule has 0 bridgehead atoms. The molecule has 2 N–H and O–H groups in total. The molecule has 3 aliphatic heterocycles. The summed E-state index contributed by atoms with van der Waals surface area (Å²) in [4.78, 5) is 70.0.